The van der Waals surface area contributed by atoms with Crippen molar-refractivity contribution in [3.63, 3.8) is 0 Å². The molecule has 0 amide bonds. The first-order valence-corrected chi connectivity index (χ1v) is 4.35. The van der Waals surface area contributed by atoms with Crippen molar-refractivity contribution in [2.75, 3.05) is 0 Å². The van der Waals surface area contributed by atoms with Crippen molar-refractivity contribution in [1.82, 2.24) is 0 Å². The number of hydrogen-bond donors (Lipinski definition) is 1. The number of aliphatic hydroxyl groups is 1. The number of aliphatic imine (C=N–C) groups is 1. The summed E-state index contributed by atoms with van der Waals surface area (Å²) in [7, 11) is 0. The quantitative estimate of drug-likeness (QED) is 0.692. The Kier molecular flexibility index (Phi) is 2.83. The van der Waals surface area contributed by atoms with E-state index >= 15 is 0 Å². The fraction of sp³-hybridized carbons (Fsp3) is 0.364. The van der Waals surface area contributed by atoms with Gasteiger partial charge in [-0.2, -0.15) is 0 Å². The van der Waals surface area contributed by atoms with Crippen molar-refractivity contribution in [1.29, 1.82) is 0 Å². The third kappa shape index (κ3) is 2.67. The van der Waals surface area contributed by atoms with Crippen molar-refractivity contribution >= 4 is 11.9 Å². The summed E-state index contributed by atoms with van der Waals surface area (Å²) in [5, 5.41) is 9.67. The van der Waals surface area contributed by atoms with Gasteiger partial charge < -0.3 is 5.11 Å². The molecule has 0 aliphatic heterocycles. The minimum absolute atomic E-state index is 0.769. The molecule has 0 heterocycles. The molecule has 0 spiro atoms. The van der Waals surface area contributed by atoms with Gasteiger partial charge in [0.2, 0.25) is 0 Å². The Morgan fingerprint density at radius 1 is 1.23 bits per heavy atom. The van der Waals surface area contributed by atoms with Crippen molar-refractivity contribution in [3.8, 4) is 0 Å². The molecule has 70 valence electrons. The standard InChI is InChI=1S/C11H15NO/c1-4-12-10-7-5-9(6-8-10)11(2,3)13/h4-8,13H,1-3H3. The zero-order chi connectivity index (χ0) is 9.90. The highest BCUT2D eigenvalue weighted by Crippen LogP contribution is 2.22. The summed E-state index contributed by atoms with van der Waals surface area (Å²) in [5.74, 6) is 0. The summed E-state index contributed by atoms with van der Waals surface area (Å²) in [5.41, 5.74) is 1.05. The highest BCUT2D eigenvalue weighted by atomic mass is 16.3. The van der Waals surface area contributed by atoms with E-state index in [9.17, 15) is 5.11 Å². The first-order chi connectivity index (χ1) is 6.04. The van der Waals surface area contributed by atoms with Crippen LogP contribution >= 0.6 is 0 Å². The zero-order valence-corrected chi connectivity index (χ0v) is 8.28. The molecule has 2 nitrogen and oxygen atoms in total. The lowest BCUT2D eigenvalue weighted by atomic mass is 9.98. The van der Waals surface area contributed by atoms with Crippen LogP contribution in [0.5, 0.6) is 0 Å². The largest absolute Gasteiger partial charge is 0.386 e. The van der Waals surface area contributed by atoms with E-state index in [1.165, 1.54) is 0 Å². The van der Waals surface area contributed by atoms with Crippen molar-refractivity contribution in [2.45, 2.75) is 26.4 Å². The Morgan fingerprint density at radius 2 is 1.77 bits per heavy atom. The summed E-state index contributed by atoms with van der Waals surface area (Å²) >= 11 is 0. The summed E-state index contributed by atoms with van der Waals surface area (Å²) in [4.78, 5) is 4.12. The Morgan fingerprint density at radius 3 is 2.15 bits per heavy atom. The van der Waals surface area contributed by atoms with Crippen LogP contribution in [0.1, 0.15) is 26.3 Å². The van der Waals surface area contributed by atoms with E-state index in [0.717, 1.165) is 11.3 Å². The Balaban J connectivity index is 2.94. The molecule has 0 bridgehead atoms. The van der Waals surface area contributed by atoms with Crippen molar-refractivity contribution in [2.24, 2.45) is 4.99 Å². The lowest BCUT2D eigenvalue weighted by Gasteiger charge is -2.17. The fourth-order valence-corrected chi connectivity index (χ4v) is 1.10. The molecule has 0 aliphatic carbocycles. The van der Waals surface area contributed by atoms with Crippen LogP contribution in [0.3, 0.4) is 0 Å². The molecule has 0 radical (unpaired) electrons. The number of nitrogens with zero attached hydrogens (tertiary/aromatic N) is 1. The second-order valence-electron chi connectivity index (χ2n) is 3.49. The molecule has 2 heteroatoms. The maximum Gasteiger partial charge on any atom is 0.0840 e. The van der Waals surface area contributed by atoms with Gasteiger partial charge in [-0.15, -0.1) is 0 Å². The van der Waals surface area contributed by atoms with E-state index in [1.54, 1.807) is 20.1 Å². The van der Waals surface area contributed by atoms with Gasteiger partial charge in [-0.3, -0.25) is 4.99 Å². The van der Waals surface area contributed by atoms with E-state index < -0.39 is 5.60 Å². The smallest absolute Gasteiger partial charge is 0.0840 e. The van der Waals surface area contributed by atoms with Crippen LogP contribution < -0.4 is 0 Å². The fourth-order valence-electron chi connectivity index (χ4n) is 1.10. The average molecular weight is 177 g/mol. The number of benzene rings is 1. The van der Waals surface area contributed by atoms with Gasteiger partial charge in [-0.05, 0) is 38.5 Å². The first-order valence-electron chi connectivity index (χ1n) is 4.35. The molecule has 1 rings (SSSR count). The summed E-state index contributed by atoms with van der Waals surface area (Å²) < 4.78 is 0. The molecular formula is C11H15NO. The molecular weight excluding hydrogens is 162 g/mol. The third-order valence-electron chi connectivity index (χ3n) is 1.85. The normalized spacial score (nSPS) is 12.3. The van der Waals surface area contributed by atoms with Crippen LogP contribution in [0.25, 0.3) is 0 Å². The van der Waals surface area contributed by atoms with E-state index in [0.29, 0.717) is 0 Å². The predicted octanol–water partition coefficient (Wildman–Crippen LogP) is 2.64. The number of hydrogen-bond acceptors (Lipinski definition) is 2. The van der Waals surface area contributed by atoms with E-state index in [4.69, 9.17) is 0 Å². The molecule has 1 aromatic rings. The van der Waals surface area contributed by atoms with Gasteiger partial charge in [0.25, 0.3) is 0 Å². The molecule has 0 saturated carbocycles. The van der Waals surface area contributed by atoms with Gasteiger partial charge in [-0.1, -0.05) is 12.1 Å². The Bertz CT molecular complexity index is 293. The Hall–Kier alpha value is -1.15. The highest BCUT2D eigenvalue weighted by molar-refractivity contribution is 5.60. The van der Waals surface area contributed by atoms with E-state index in [2.05, 4.69) is 4.99 Å². The molecule has 0 unspecified atom stereocenters. The monoisotopic (exact) mass is 177 g/mol. The van der Waals surface area contributed by atoms with Gasteiger partial charge in [-0.25, -0.2) is 0 Å². The molecule has 0 aromatic heterocycles. The Labute approximate surface area is 78.9 Å². The predicted molar refractivity (Wildman–Crippen MR) is 55.5 cm³/mol. The van der Waals surface area contributed by atoms with Crippen LogP contribution in [0.4, 0.5) is 5.69 Å². The summed E-state index contributed by atoms with van der Waals surface area (Å²) in [6, 6.07) is 7.57. The van der Waals surface area contributed by atoms with Gasteiger partial charge in [0, 0.05) is 6.21 Å². The van der Waals surface area contributed by atoms with Crippen LogP contribution in [0.15, 0.2) is 29.3 Å². The minimum atomic E-state index is -0.769. The van der Waals surface area contributed by atoms with Crippen LogP contribution in [0.2, 0.25) is 0 Å². The summed E-state index contributed by atoms with van der Waals surface area (Å²) in [6.07, 6.45) is 1.75. The maximum absolute atomic E-state index is 9.67. The average Bonchev–Trinajstić information content (AvgIpc) is 2.04. The van der Waals surface area contributed by atoms with Crippen LogP contribution in [-0.2, 0) is 5.60 Å². The zero-order valence-electron chi connectivity index (χ0n) is 8.28. The van der Waals surface area contributed by atoms with Gasteiger partial charge >= 0.3 is 0 Å². The maximum atomic E-state index is 9.67. The van der Waals surface area contributed by atoms with Gasteiger partial charge in [0.1, 0.15) is 0 Å². The molecule has 0 fully saturated rings. The highest BCUT2D eigenvalue weighted by Gasteiger charge is 2.14. The van der Waals surface area contributed by atoms with Crippen molar-refractivity contribution < 1.29 is 5.11 Å². The molecule has 1 aromatic carbocycles. The first kappa shape index (κ1) is 9.93. The van der Waals surface area contributed by atoms with Gasteiger partial charge in [0.15, 0.2) is 0 Å². The molecule has 0 saturated heterocycles. The van der Waals surface area contributed by atoms with E-state index in [-0.39, 0.29) is 0 Å². The molecule has 0 atom stereocenters. The van der Waals surface area contributed by atoms with E-state index in [1.807, 2.05) is 31.2 Å². The topological polar surface area (TPSA) is 32.6 Å². The lowest BCUT2D eigenvalue weighted by Crippen LogP contribution is -2.14. The lowest BCUT2D eigenvalue weighted by molar-refractivity contribution is 0.0786. The SMILES string of the molecule is CC=Nc1ccc(C(C)(C)O)cc1. The molecule has 1 N–H and O–H groups in total. The molecule has 0 aliphatic rings. The second-order valence-corrected chi connectivity index (χ2v) is 3.49. The second kappa shape index (κ2) is 3.71. The van der Waals surface area contributed by atoms with Crippen molar-refractivity contribution in [3.05, 3.63) is 29.8 Å². The third-order valence-corrected chi connectivity index (χ3v) is 1.85. The number of rotatable bonds is 2. The van der Waals surface area contributed by atoms with Crippen LogP contribution in [0, 0.1) is 0 Å². The minimum Gasteiger partial charge on any atom is -0.386 e. The van der Waals surface area contributed by atoms with Gasteiger partial charge in [0.05, 0.1) is 11.3 Å². The van der Waals surface area contributed by atoms with Crippen LogP contribution in [-0.4, -0.2) is 11.3 Å². The molecule has 13 heavy (non-hydrogen) atoms. The summed E-state index contributed by atoms with van der Waals surface area (Å²) in [6.45, 7) is 5.42.